The number of hydrogen-bond acceptors (Lipinski definition) is 5. The lowest BCUT2D eigenvalue weighted by molar-refractivity contribution is -0.385. The Morgan fingerprint density at radius 1 is 1.50 bits per heavy atom. The predicted octanol–water partition coefficient (Wildman–Crippen LogP) is 0.952. The molecule has 0 saturated heterocycles. The smallest absolute Gasteiger partial charge is 0.269 e. The number of sulfonamides is 1. The number of aryl methyl sites for hydroxylation is 1. The maximum Gasteiger partial charge on any atom is 0.269 e. The Bertz CT molecular complexity index is 625. The van der Waals surface area contributed by atoms with Crippen LogP contribution in [0.15, 0.2) is 23.1 Å². The van der Waals surface area contributed by atoms with Gasteiger partial charge in [0, 0.05) is 18.7 Å². The minimum atomic E-state index is -3.77. The van der Waals surface area contributed by atoms with Crippen LogP contribution in [-0.2, 0) is 10.0 Å². The first-order valence-electron chi connectivity index (χ1n) is 6.24. The quantitative estimate of drug-likeness (QED) is 0.600. The van der Waals surface area contributed by atoms with Crippen molar-refractivity contribution >= 4 is 15.7 Å². The Morgan fingerprint density at radius 3 is 2.65 bits per heavy atom. The van der Waals surface area contributed by atoms with Crippen LogP contribution in [0.25, 0.3) is 0 Å². The summed E-state index contributed by atoms with van der Waals surface area (Å²) in [6, 6.07) is 3.57. The summed E-state index contributed by atoms with van der Waals surface area (Å²) in [5.41, 5.74) is 0.145. The summed E-state index contributed by atoms with van der Waals surface area (Å²) in [4.78, 5) is 10.0. The predicted molar refractivity (Wildman–Crippen MR) is 71.8 cm³/mol. The summed E-state index contributed by atoms with van der Waals surface area (Å²) in [6.07, 6.45) is 1.15. The molecule has 8 heteroatoms. The van der Waals surface area contributed by atoms with Crippen LogP contribution < -0.4 is 4.72 Å². The zero-order valence-electron chi connectivity index (χ0n) is 10.9. The highest BCUT2D eigenvalue weighted by Gasteiger charge is 2.30. The van der Waals surface area contributed by atoms with Crippen LogP contribution in [0.4, 0.5) is 5.69 Å². The van der Waals surface area contributed by atoms with Crippen LogP contribution in [-0.4, -0.2) is 31.1 Å². The van der Waals surface area contributed by atoms with Crippen molar-refractivity contribution < 1.29 is 18.4 Å². The molecule has 1 unspecified atom stereocenters. The van der Waals surface area contributed by atoms with Crippen molar-refractivity contribution in [1.82, 2.24) is 4.72 Å². The van der Waals surface area contributed by atoms with Crippen LogP contribution >= 0.6 is 0 Å². The van der Waals surface area contributed by atoms with Crippen molar-refractivity contribution in [2.75, 3.05) is 6.54 Å². The van der Waals surface area contributed by atoms with E-state index in [9.17, 15) is 23.6 Å². The Labute approximate surface area is 116 Å². The third kappa shape index (κ3) is 3.33. The standard InChI is InChI=1S/C12H16N2O5S/c1-8-6-10(14(16)17)4-5-12(8)20(18,19)13-7-11(15)9-2-3-9/h4-6,9,11,13,15H,2-3,7H2,1H3. The average Bonchev–Trinajstić information content (AvgIpc) is 3.19. The van der Waals surface area contributed by atoms with Crippen molar-refractivity contribution in [2.24, 2.45) is 5.92 Å². The van der Waals surface area contributed by atoms with E-state index in [1.807, 2.05) is 0 Å². The van der Waals surface area contributed by atoms with Crippen LogP contribution in [0.2, 0.25) is 0 Å². The molecule has 0 aliphatic heterocycles. The molecule has 0 bridgehead atoms. The van der Waals surface area contributed by atoms with Crippen LogP contribution in [0, 0.1) is 23.0 Å². The van der Waals surface area contributed by atoms with E-state index in [4.69, 9.17) is 0 Å². The second-order valence-electron chi connectivity index (χ2n) is 4.96. The maximum absolute atomic E-state index is 12.1. The summed E-state index contributed by atoms with van der Waals surface area (Å²) in [5, 5.41) is 20.3. The lowest BCUT2D eigenvalue weighted by atomic mass is 10.2. The molecule has 0 heterocycles. The fourth-order valence-electron chi connectivity index (χ4n) is 1.97. The van der Waals surface area contributed by atoms with E-state index in [2.05, 4.69) is 4.72 Å². The number of hydrogen-bond donors (Lipinski definition) is 2. The number of nitrogens with one attached hydrogen (secondary N) is 1. The maximum atomic E-state index is 12.1. The number of nitro benzene ring substituents is 1. The Morgan fingerprint density at radius 2 is 2.15 bits per heavy atom. The molecular formula is C12H16N2O5S. The number of benzene rings is 1. The molecule has 1 aromatic carbocycles. The topological polar surface area (TPSA) is 110 Å². The molecule has 0 spiro atoms. The fraction of sp³-hybridized carbons (Fsp3) is 0.500. The van der Waals surface area contributed by atoms with E-state index in [1.54, 1.807) is 0 Å². The van der Waals surface area contributed by atoms with Gasteiger partial charge in [-0.05, 0) is 37.3 Å². The SMILES string of the molecule is Cc1cc([N+](=O)[O-])ccc1S(=O)(=O)NCC(O)C1CC1. The van der Waals surface area contributed by atoms with E-state index in [1.165, 1.54) is 19.1 Å². The van der Waals surface area contributed by atoms with Crippen molar-refractivity contribution in [1.29, 1.82) is 0 Å². The lowest BCUT2D eigenvalue weighted by Gasteiger charge is -2.12. The summed E-state index contributed by atoms with van der Waals surface area (Å²) in [6.45, 7) is 1.46. The van der Waals surface area contributed by atoms with Crippen molar-refractivity contribution in [3.8, 4) is 0 Å². The molecule has 0 amide bonds. The van der Waals surface area contributed by atoms with Gasteiger partial charge >= 0.3 is 0 Å². The molecule has 7 nitrogen and oxygen atoms in total. The first-order chi connectivity index (χ1) is 9.31. The van der Waals surface area contributed by atoms with Gasteiger partial charge in [-0.2, -0.15) is 0 Å². The van der Waals surface area contributed by atoms with E-state index < -0.39 is 21.1 Å². The van der Waals surface area contributed by atoms with Gasteiger partial charge in [0.05, 0.1) is 15.9 Å². The van der Waals surface area contributed by atoms with Crippen LogP contribution in [0.5, 0.6) is 0 Å². The van der Waals surface area contributed by atoms with Crippen LogP contribution in [0.3, 0.4) is 0 Å². The van der Waals surface area contributed by atoms with Gasteiger partial charge in [0.1, 0.15) is 0 Å². The highest BCUT2D eigenvalue weighted by atomic mass is 32.2. The van der Waals surface area contributed by atoms with Gasteiger partial charge in [-0.15, -0.1) is 0 Å². The van der Waals surface area contributed by atoms with Gasteiger partial charge in [-0.3, -0.25) is 10.1 Å². The molecule has 1 aliphatic carbocycles. The summed E-state index contributed by atoms with van der Waals surface area (Å²) < 4.78 is 26.5. The average molecular weight is 300 g/mol. The van der Waals surface area contributed by atoms with E-state index in [0.717, 1.165) is 18.9 Å². The molecule has 110 valence electrons. The van der Waals surface area contributed by atoms with Crippen molar-refractivity contribution in [3.05, 3.63) is 33.9 Å². The van der Waals surface area contributed by atoms with Crippen molar-refractivity contribution in [3.63, 3.8) is 0 Å². The summed E-state index contributed by atoms with van der Waals surface area (Å²) in [7, 11) is -3.77. The molecule has 0 radical (unpaired) electrons. The molecule has 0 aromatic heterocycles. The first kappa shape index (κ1) is 14.9. The second kappa shape index (κ2) is 5.47. The molecule has 20 heavy (non-hydrogen) atoms. The van der Waals surface area contributed by atoms with Gasteiger partial charge in [-0.1, -0.05) is 0 Å². The number of non-ortho nitro benzene ring substituents is 1. The number of rotatable bonds is 6. The highest BCUT2D eigenvalue weighted by Crippen LogP contribution is 2.32. The van der Waals surface area contributed by atoms with Crippen molar-refractivity contribution in [2.45, 2.75) is 30.8 Å². The van der Waals surface area contributed by atoms with E-state index in [0.29, 0.717) is 5.56 Å². The number of aliphatic hydroxyl groups is 1. The zero-order chi connectivity index (χ0) is 14.9. The minimum absolute atomic E-state index is 0.00824. The number of nitrogens with zero attached hydrogens (tertiary/aromatic N) is 1. The minimum Gasteiger partial charge on any atom is -0.391 e. The van der Waals surface area contributed by atoms with Gasteiger partial charge in [-0.25, -0.2) is 13.1 Å². The monoisotopic (exact) mass is 300 g/mol. The molecule has 2 N–H and O–H groups in total. The lowest BCUT2D eigenvalue weighted by Crippen LogP contribution is -2.33. The van der Waals surface area contributed by atoms with Gasteiger partial charge in [0.2, 0.25) is 10.0 Å². The third-order valence-electron chi connectivity index (χ3n) is 3.31. The molecule has 2 rings (SSSR count). The molecule has 1 aliphatic rings. The molecule has 1 atom stereocenters. The molecule has 1 fully saturated rings. The summed E-state index contributed by atoms with van der Waals surface area (Å²) in [5.74, 6) is 0.177. The van der Waals surface area contributed by atoms with E-state index >= 15 is 0 Å². The Hall–Kier alpha value is -1.51. The van der Waals surface area contributed by atoms with E-state index in [-0.39, 0.29) is 23.0 Å². The number of nitro groups is 1. The molecule has 1 aromatic rings. The van der Waals surface area contributed by atoms with Gasteiger partial charge in [0.25, 0.3) is 5.69 Å². The zero-order valence-corrected chi connectivity index (χ0v) is 11.8. The Kier molecular flexibility index (Phi) is 4.07. The van der Waals surface area contributed by atoms with Crippen LogP contribution in [0.1, 0.15) is 18.4 Å². The molecular weight excluding hydrogens is 284 g/mol. The second-order valence-corrected chi connectivity index (χ2v) is 6.70. The highest BCUT2D eigenvalue weighted by molar-refractivity contribution is 7.89. The molecule has 1 saturated carbocycles. The number of aliphatic hydroxyl groups excluding tert-OH is 1. The fourth-order valence-corrected chi connectivity index (χ4v) is 3.24. The first-order valence-corrected chi connectivity index (χ1v) is 7.72. The third-order valence-corrected chi connectivity index (χ3v) is 4.89. The van der Waals surface area contributed by atoms with Gasteiger partial charge < -0.3 is 5.11 Å². The van der Waals surface area contributed by atoms with Gasteiger partial charge in [0.15, 0.2) is 0 Å². The normalized spacial score (nSPS) is 16.9. The Balaban J connectivity index is 2.14. The largest absolute Gasteiger partial charge is 0.391 e. The summed E-state index contributed by atoms with van der Waals surface area (Å²) >= 11 is 0.